The molecule has 0 unspecified atom stereocenters. The van der Waals surface area contributed by atoms with Gasteiger partial charge < -0.3 is 10.1 Å². The van der Waals surface area contributed by atoms with Crippen LogP contribution in [0.15, 0.2) is 18.2 Å². The molecular weight excluding hydrogens is 278 g/mol. The number of hydrogen-bond donors (Lipinski definition) is 1. The van der Waals surface area contributed by atoms with E-state index in [0.717, 1.165) is 0 Å². The van der Waals surface area contributed by atoms with Crippen LogP contribution >= 0.6 is 11.6 Å². The quantitative estimate of drug-likeness (QED) is 0.864. The molecule has 18 heavy (non-hydrogen) atoms. The fourth-order valence-electron chi connectivity index (χ4n) is 1.05. The average Bonchev–Trinajstić information content (AvgIpc) is 2.23. The first kappa shape index (κ1) is 14.7. The summed E-state index contributed by atoms with van der Waals surface area (Å²) >= 11 is 5.46. The van der Waals surface area contributed by atoms with Gasteiger partial charge in [-0.1, -0.05) is 17.7 Å². The second-order valence-corrected chi connectivity index (χ2v) is 3.66. The second-order valence-electron chi connectivity index (χ2n) is 3.26. The number of nitrogens with one attached hydrogen (secondary N) is 1. The summed E-state index contributed by atoms with van der Waals surface area (Å²) in [5.74, 6) is -1.76. The van der Waals surface area contributed by atoms with Crippen molar-refractivity contribution in [1.29, 1.82) is 0 Å². The number of carbonyl (C=O) groups is 1. The third-order valence-electron chi connectivity index (χ3n) is 1.72. The van der Waals surface area contributed by atoms with Crippen LogP contribution < -0.4 is 5.32 Å². The third kappa shape index (κ3) is 4.89. The molecule has 0 bridgehead atoms. The zero-order valence-electron chi connectivity index (χ0n) is 8.85. The van der Waals surface area contributed by atoms with Crippen LogP contribution in [0, 0.1) is 5.82 Å². The van der Waals surface area contributed by atoms with E-state index >= 15 is 0 Å². The van der Waals surface area contributed by atoms with E-state index in [4.69, 9.17) is 11.6 Å². The molecule has 1 rings (SSSR count). The van der Waals surface area contributed by atoms with Crippen LogP contribution in [0.2, 0.25) is 5.02 Å². The Balaban J connectivity index is 2.48. The van der Waals surface area contributed by atoms with E-state index in [2.05, 4.69) is 4.74 Å². The van der Waals surface area contributed by atoms with Crippen LogP contribution in [0.1, 0.15) is 0 Å². The lowest BCUT2D eigenvalue weighted by Crippen LogP contribution is -2.24. The maximum Gasteiger partial charge on any atom is 0.411 e. The third-order valence-corrected chi connectivity index (χ3v) is 2.02. The summed E-state index contributed by atoms with van der Waals surface area (Å²) in [5, 5.41) is 1.84. The number of anilines is 1. The minimum Gasteiger partial charge on any atom is -0.362 e. The normalized spacial score (nSPS) is 11.4. The van der Waals surface area contributed by atoms with E-state index in [1.165, 1.54) is 18.2 Å². The van der Waals surface area contributed by atoms with E-state index < -0.39 is 31.1 Å². The first-order valence-corrected chi connectivity index (χ1v) is 5.06. The molecule has 0 saturated heterocycles. The SMILES string of the molecule is O=C(COCC(F)(F)F)Nc1cccc(Cl)c1F. The first-order chi connectivity index (χ1) is 8.29. The minimum absolute atomic E-state index is 0.205. The Morgan fingerprint density at radius 1 is 1.39 bits per heavy atom. The van der Waals surface area contributed by atoms with Gasteiger partial charge in [-0.15, -0.1) is 0 Å². The van der Waals surface area contributed by atoms with Gasteiger partial charge in [0, 0.05) is 0 Å². The monoisotopic (exact) mass is 285 g/mol. The lowest BCUT2D eigenvalue weighted by Gasteiger charge is -2.09. The van der Waals surface area contributed by atoms with Gasteiger partial charge >= 0.3 is 6.18 Å². The number of carbonyl (C=O) groups excluding carboxylic acids is 1. The van der Waals surface area contributed by atoms with Crippen molar-refractivity contribution in [3.63, 3.8) is 0 Å². The van der Waals surface area contributed by atoms with E-state index in [-0.39, 0.29) is 10.7 Å². The molecule has 8 heteroatoms. The predicted molar refractivity (Wildman–Crippen MR) is 56.9 cm³/mol. The highest BCUT2D eigenvalue weighted by molar-refractivity contribution is 6.31. The first-order valence-electron chi connectivity index (χ1n) is 4.68. The molecule has 0 aliphatic rings. The maximum absolute atomic E-state index is 13.3. The predicted octanol–water partition coefficient (Wildman–Crippen LogP) is 3.00. The molecule has 0 spiro atoms. The Labute approximate surface area is 105 Å². The van der Waals surface area contributed by atoms with Gasteiger partial charge in [0.1, 0.15) is 13.2 Å². The van der Waals surface area contributed by atoms with Crippen molar-refractivity contribution in [2.75, 3.05) is 18.5 Å². The molecule has 0 radical (unpaired) electrons. The highest BCUT2D eigenvalue weighted by Crippen LogP contribution is 2.21. The van der Waals surface area contributed by atoms with Gasteiger partial charge in [0.05, 0.1) is 10.7 Å². The Morgan fingerprint density at radius 3 is 2.67 bits per heavy atom. The smallest absolute Gasteiger partial charge is 0.362 e. The van der Waals surface area contributed by atoms with E-state index in [1.54, 1.807) is 0 Å². The number of ether oxygens (including phenoxy) is 1. The fraction of sp³-hybridized carbons (Fsp3) is 0.300. The zero-order chi connectivity index (χ0) is 13.8. The minimum atomic E-state index is -4.51. The van der Waals surface area contributed by atoms with Gasteiger partial charge in [0.15, 0.2) is 5.82 Å². The van der Waals surface area contributed by atoms with Crippen molar-refractivity contribution in [3.05, 3.63) is 29.0 Å². The molecular formula is C10H8ClF4NO2. The molecule has 3 nitrogen and oxygen atoms in total. The molecule has 1 N–H and O–H groups in total. The topological polar surface area (TPSA) is 38.3 Å². The second kappa shape index (κ2) is 6.01. The number of rotatable bonds is 4. The van der Waals surface area contributed by atoms with E-state index in [1.807, 2.05) is 5.32 Å². The van der Waals surface area contributed by atoms with Gasteiger partial charge in [-0.25, -0.2) is 4.39 Å². The summed E-state index contributed by atoms with van der Waals surface area (Å²) in [6.45, 7) is -2.37. The summed E-state index contributed by atoms with van der Waals surface area (Å²) in [6, 6.07) is 3.88. The highest BCUT2D eigenvalue weighted by atomic mass is 35.5. The number of alkyl halides is 3. The molecule has 0 aliphatic heterocycles. The summed E-state index contributed by atoms with van der Waals surface area (Å²) < 4.78 is 52.6. The Kier molecular flexibility index (Phi) is 4.92. The lowest BCUT2D eigenvalue weighted by atomic mass is 10.3. The number of benzene rings is 1. The Morgan fingerprint density at radius 2 is 2.06 bits per heavy atom. The molecule has 1 aromatic rings. The standard InChI is InChI=1S/C10H8ClF4NO2/c11-6-2-1-3-7(9(6)12)16-8(17)4-18-5-10(13,14)15/h1-3H,4-5H2,(H,16,17). The van der Waals surface area contributed by atoms with Gasteiger partial charge in [0.2, 0.25) is 5.91 Å². The molecule has 0 heterocycles. The van der Waals surface area contributed by atoms with Gasteiger partial charge in [-0.2, -0.15) is 13.2 Å². The van der Waals surface area contributed by atoms with Crippen molar-refractivity contribution in [2.45, 2.75) is 6.18 Å². The number of amides is 1. The van der Waals surface area contributed by atoms with Crippen molar-refractivity contribution >= 4 is 23.2 Å². The molecule has 0 fully saturated rings. The van der Waals surface area contributed by atoms with Gasteiger partial charge in [-0.3, -0.25) is 4.79 Å². The molecule has 0 atom stereocenters. The van der Waals surface area contributed by atoms with Gasteiger partial charge in [0.25, 0.3) is 0 Å². The summed E-state index contributed by atoms with van der Waals surface area (Å²) in [4.78, 5) is 11.1. The Bertz CT molecular complexity index is 436. The lowest BCUT2D eigenvalue weighted by molar-refractivity contribution is -0.174. The fourth-order valence-corrected chi connectivity index (χ4v) is 1.22. The Hall–Kier alpha value is -1.34. The van der Waals surface area contributed by atoms with Crippen LogP contribution in [-0.2, 0) is 9.53 Å². The summed E-state index contributed by atoms with van der Waals surface area (Å²) in [6.07, 6.45) is -4.51. The van der Waals surface area contributed by atoms with Crippen LogP contribution in [0.5, 0.6) is 0 Å². The van der Waals surface area contributed by atoms with Crippen molar-refractivity contribution in [3.8, 4) is 0 Å². The van der Waals surface area contributed by atoms with Crippen LogP contribution in [0.3, 0.4) is 0 Å². The van der Waals surface area contributed by atoms with Crippen LogP contribution in [0.4, 0.5) is 23.2 Å². The van der Waals surface area contributed by atoms with Crippen LogP contribution in [-0.4, -0.2) is 25.3 Å². The summed E-state index contributed by atoms with van der Waals surface area (Å²) in [7, 11) is 0. The van der Waals surface area contributed by atoms with Crippen molar-refractivity contribution in [1.82, 2.24) is 0 Å². The van der Waals surface area contributed by atoms with Crippen molar-refractivity contribution < 1.29 is 27.1 Å². The van der Waals surface area contributed by atoms with Crippen LogP contribution in [0.25, 0.3) is 0 Å². The molecule has 0 aromatic heterocycles. The zero-order valence-corrected chi connectivity index (χ0v) is 9.61. The molecule has 100 valence electrons. The molecule has 1 amide bonds. The number of halogens is 5. The number of hydrogen-bond acceptors (Lipinski definition) is 2. The van der Waals surface area contributed by atoms with Gasteiger partial charge in [-0.05, 0) is 12.1 Å². The molecule has 0 saturated carbocycles. The van der Waals surface area contributed by atoms with E-state index in [9.17, 15) is 22.4 Å². The van der Waals surface area contributed by atoms with Crippen molar-refractivity contribution in [2.24, 2.45) is 0 Å². The maximum atomic E-state index is 13.3. The largest absolute Gasteiger partial charge is 0.411 e. The molecule has 0 aliphatic carbocycles. The van der Waals surface area contributed by atoms with E-state index in [0.29, 0.717) is 0 Å². The average molecular weight is 286 g/mol. The summed E-state index contributed by atoms with van der Waals surface area (Å²) in [5.41, 5.74) is -0.219. The molecule has 1 aromatic carbocycles. The highest BCUT2D eigenvalue weighted by Gasteiger charge is 2.27.